The number of nitrogens with two attached hydrogens (primary N) is 1. The number of likely N-dealkylation sites (tertiary alicyclic amines) is 1. The zero-order valence-corrected chi connectivity index (χ0v) is 12.8. The number of rotatable bonds is 5. The monoisotopic (exact) mass is 292 g/mol. The Labute approximate surface area is 126 Å². The number of methoxy groups -OCH3 is 1. The van der Waals surface area contributed by atoms with Gasteiger partial charge in [0.1, 0.15) is 0 Å². The molecule has 21 heavy (non-hydrogen) atoms. The molecule has 5 nitrogen and oxygen atoms in total. The number of nitrogens with zero attached hydrogens (tertiary/aromatic N) is 1. The molecule has 1 aromatic rings. The van der Waals surface area contributed by atoms with Crippen LogP contribution < -0.4 is 15.2 Å². The van der Waals surface area contributed by atoms with E-state index in [0.717, 1.165) is 31.5 Å². The van der Waals surface area contributed by atoms with E-state index in [2.05, 4.69) is 0 Å². The van der Waals surface area contributed by atoms with Gasteiger partial charge < -0.3 is 20.1 Å². The first kappa shape index (κ1) is 15.6. The van der Waals surface area contributed by atoms with Crippen LogP contribution in [0.25, 0.3) is 0 Å². The molecule has 5 heteroatoms. The Bertz CT molecular complexity index is 484. The first-order chi connectivity index (χ1) is 10.2. The van der Waals surface area contributed by atoms with Crippen LogP contribution in [0, 0.1) is 0 Å². The quantitative estimate of drug-likeness (QED) is 0.900. The number of amides is 1. The van der Waals surface area contributed by atoms with Gasteiger partial charge in [0.05, 0.1) is 7.11 Å². The zero-order valence-electron chi connectivity index (χ0n) is 12.8. The van der Waals surface area contributed by atoms with Gasteiger partial charge in [-0.15, -0.1) is 0 Å². The maximum atomic E-state index is 12.4. The summed E-state index contributed by atoms with van der Waals surface area (Å²) in [6.07, 6.45) is 2.84. The number of ether oxygens (including phenoxy) is 2. The minimum Gasteiger partial charge on any atom is -0.493 e. The Balaban J connectivity index is 2.04. The second-order valence-electron chi connectivity index (χ2n) is 5.34. The summed E-state index contributed by atoms with van der Waals surface area (Å²) in [6.45, 7) is 3.89. The molecule has 1 aromatic carbocycles. The Morgan fingerprint density at radius 1 is 1.29 bits per heavy atom. The average Bonchev–Trinajstić information content (AvgIpc) is 2.55. The highest BCUT2D eigenvalue weighted by molar-refractivity contribution is 5.81. The van der Waals surface area contributed by atoms with E-state index >= 15 is 0 Å². The fourth-order valence-electron chi connectivity index (χ4n) is 2.55. The number of carbonyl (C=O) groups excluding carboxylic acids is 1. The molecular weight excluding hydrogens is 268 g/mol. The molecule has 0 aliphatic carbocycles. The molecule has 1 atom stereocenters. The molecule has 1 heterocycles. The van der Waals surface area contributed by atoms with Gasteiger partial charge >= 0.3 is 0 Å². The highest BCUT2D eigenvalue weighted by Crippen LogP contribution is 2.29. The SMILES string of the molecule is COc1cc(CN)ccc1OC(C)C(=O)N1CCCCC1. The van der Waals surface area contributed by atoms with Crippen molar-refractivity contribution < 1.29 is 14.3 Å². The highest BCUT2D eigenvalue weighted by Gasteiger charge is 2.24. The van der Waals surface area contributed by atoms with E-state index in [1.165, 1.54) is 6.42 Å². The molecule has 2 N–H and O–H groups in total. The predicted molar refractivity (Wildman–Crippen MR) is 81.4 cm³/mol. The topological polar surface area (TPSA) is 64.8 Å². The molecule has 1 fully saturated rings. The van der Waals surface area contributed by atoms with E-state index in [1.54, 1.807) is 20.1 Å². The Kier molecular flexibility index (Phi) is 5.44. The lowest BCUT2D eigenvalue weighted by molar-refractivity contribution is -0.138. The van der Waals surface area contributed by atoms with E-state index in [0.29, 0.717) is 18.0 Å². The summed E-state index contributed by atoms with van der Waals surface area (Å²) in [6, 6.07) is 5.53. The summed E-state index contributed by atoms with van der Waals surface area (Å²) in [5.41, 5.74) is 6.58. The number of hydrogen-bond acceptors (Lipinski definition) is 4. The van der Waals surface area contributed by atoms with Crippen LogP contribution >= 0.6 is 0 Å². The molecule has 116 valence electrons. The van der Waals surface area contributed by atoms with Crippen LogP contribution in [0.1, 0.15) is 31.7 Å². The van der Waals surface area contributed by atoms with Crippen molar-refractivity contribution in [3.05, 3.63) is 23.8 Å². The third kappa shape index (κ3) is 3.88. The van der Waals surface area contributed by atoms with Crippen LogP contribution in [0.4, 0.5) is 0 Å². The number of hydrogen-bond donors (Lipinski definition) is 1. The number of benzene rings is 1. The van der Waals surface area contributed by atoms with E-state index in [4.69, 9.17) is 15.2 Å². The smallest absolute Gasteiger partial charge is 0.263 e. The van der Waals surface area contributed by atoms with Crippen LogP contribution in [0.2, 0.25) is 0 Å². The van der Waals surface area contributed by atoms with Crippen molar-refractivity contribution in [3.8, 4) is 11.5 Å². The van der Waals surface area contributed by atoms with Crippen molar-refractivity contribution in [1.29, 1.82) is 0 Å². The van der Waals surface area contributed by atoms with E-state index in [9.17, 15) is 4.79 Å². The van der Waals surface area contributed by atoms with Gasteiger partial charge in [0.2, 0.25) is 0 Å². The molecule has 1 amide bonds. The van der Waals surface area contributed by atoms with Crippen LogP contribution in [-0.2, 0) is 11.3 Å². The van der Waals surface area contributed by atoms with Crippen molar-refractivity contribution >= 4 is 5.91 Å². The molecule has 0 aromatic heterocycles. The van der Waals surface area contributed by atoms with Crippen LogP contribution in [0.5, 0.6) is 11.5 Å². The lowest BCUT2D eigenvalue weighted by Gasteiger charge is -2.29. The van der Waals surface area contributed by atoms with Gasteiger partial charge in [-0.3, -0.25) is 4.79 Å². The van der Waals surface area contributed by atoms with Crippen molar-refractivity contribution in [2.75, 3.05) is 20.2 Å². The second kappa shape index (κ2) is 7.31. The molecule has 0 radical (unpaired) electrons. The summed E-state index contributed by atoms with van der Waals surface area (Å²) < 4.78 is 11.1. The average molecular weight is 292 g/mol. The van der Waals surface area contributed by atoms with Gasteiger partial charge in [0.15, 0.2) is 17.6 Å². The number of carbonyl (C=O) groups is 1. The Hall–Kier alpha value is -1.75. The largest absolute Gasteiger partial charge is 0.493 e. The van der Waals surface area contributed by atoms with Crippen molar-refractivity contribution in [2.24, 2.45) is 5.73 Å². The Morgan fingerprint density at radius 2 is 2.00 bits per heavy atom. The molecule has 1 unspecified atom stereocenters. The normalized spacial score (nSPS) is 16.4. The lowest BCUT2D eigenvalue weighted by atomic mass is 10.1. The molecule has 2 rings (SSSR count). The van der Waals surface area contributed by atoms with Crippen molar-refractivity contribution in [1.82, 2.24) is 4.90 Å². The Morgan fingerprint density at radius 3 is 2.62 bits per heavy atom. The fraction of sp³-hybridized carbons (Fsp3) is 0.562. The van der Waals surface area contributed by atoms with Gasteiger partial charge in [-0.25, -0.2) is 0 Å². The zero-order chi connectivity index (χ0) is 15.2. The minimum absolute atomic E-state index is 0.0413. The van der Waals surface area contributed by atoms with Gasteiger partial charge in [0.25, 0.3) is 5.91 Å². The van der Waals surface area contributed by atoms with Gasteiger partial charge in [-0.1, -0.05) is 6.07 Å². The van der Waals surface area contributed by atoms with Crippen molar-refractivity contribution in [3.63, 3.8) is 0 Å². The fourth-order valence-corrected chi connectivity index (χ4v) is 2.55. The molecule has 1 aliphatic rings. The van der Waals surface area contributed by atoms with Crippen LogP contribution in [-0.4, -0.2) is 37.1 Å². The third-order valence-electron chi connectivity index (χ3n) is 3.78. The summed E-state index contributed by atoms with van der Waals surface area (Å²) in [5, 5.41) is 0. The van der Waals surface area contributed by atoms with Crippen LogP contribution in [0.15, 0.2) is 18.2 Å². The summed E-state index contributed by atoms with van der Waals surface area (Å²) in [5.74, 6) is 1.23. The maximum absolute atomic E-state index is 12.4. The van der Waals surface area contributed by atoms with E-state index in [-0.39, 0.29) is 5.91 Å². The first-order valence-electron chi connectivity index (χ1n) is 7.48. The van der Waals surface area contributed by atoms with Gasteiger partial charge in [-0.05, 0) is 43.9 Å². The number of piperidine rings is 1. The molecular formula is C16H24N2O3. The molecule has 0 saturated carbocycles. The maximum Gasteiger partial charge on any atom is 0.263 e. The second-order valence-corrected chi connectivity index (χ2v) is 5.34. The van der Waals surface area contributed by atoms with Crippen LogP contribution in [0.3, 0.4) is 0 Å². The molecule has 1 aliphatic heterocycles. The first-order valence-corrected chi connectivity index (χ1v) is 7.48. The standard InChI is InChI=1S/C16H24N2O3/c1-12(16(19)18-8-4-3-5-9-18)21-14-7-6-13(11-17)10-15(14)20-2/h6-7,10,12H,3-5,8-9,11,17H2,1-2H3. The molecule has 0 bridgehead atoms. The van der Waals surface area contributed by atoms with Gasteiger partial charge in [0, 0.05) is 19.6 Å². The van der Waals surface area contributed by atoms with Crippen molar-refractivity contribution in [2.45, 2.75) is 38.8 Å². The van der Waals surface area contributed by atoms with E-state index < -0.39 is 6.10 Å². The summed E-state index contributed by atoms with van der Waals surface area (Å²) in [7, 11) is 1.58. The van der Waals surface area contributed by atoms with Gasteiger partial charge in [-0.2, -0.15) is 0 Å². The summed E-state index contributed by atoms with van der Waals surface area (Å²) >= 11 is 0. The van der Waals surface area contributed by atoms with E-state index in [1.807, 2.05) is 17.0 Å². The minimum atomic E-state index is -0.513. The predicted octanol–water partition coefficient (Wildman–Crippen LogP) is 1.93. The third-order valence-corrected chi connectivity index (χ3v) is 3.78. The highest BCUT2D eigenvalue weighted by atomic mass is 16.5. The lowest BCUT2D eigenvalue weighted by Crippen LogP contribution is -2.43. The molecule has 1 saturated heterocycles. The summed E-state index contributed by atoms with van der Waals surface area (Å²) in [4.78, 5) is 14.2. The molecule has 0 spiro atoms.